The third kappa shape index (κ3) is 379. The fourth-order valence-corrected chi connectivity index (χ4v) is 0. The van der Waals surface area contributed by atoms with E-state index in [0.717, 1.165) is 0 Å². The van der Waals surface area contributed by atoms with Gasteiger partial charge in [0.1, 0.15) is 0 Å². The molecule has 0 spiro atoms. The van der Waals surface area contributed by atoms with Gasteiger partial charge in [0.05, 0.1) is 0 Å². The summed E-state index contributed by atoms with van der Waals surface area (Å²) in [6.45, 7) is 0. The van der Waals surface area contributed by atoms with Gasteiger partial charge in [0.2, 0.25) is 0 Å². The van der Waals surface area contributed by atoms with Crippen LogP contribution < -0.4 is 0 Å². The number of hydrogen-bond donors (Lipinski definition) is 1. The van der Waals surface area contributed by atoms with Gasteiger partial charge >= 0.3 is 0 Å². The Morgan fingerprint density at radius 1 is 1.75 bits per heavy atom. The van der Waals surface area contributed by atoms with Crippen molar-refractivity contribution in [2.24, 2.45) is 0 Å². The molecule has 0 saturated carbocycles. The molecule has 4 heavy (non-hydrogen) atoms. The fourth-order valence-electron chi connectivity index (χ4n) is 0. The van der Waals surface area contributed by atoms with Gasteiger partial charge in [-0.05, 0) is 10.4 Å². The average molecular weight is 108 g/mol. The van der Waals surface area contributed by atoms with Gasteiger partial charge < -0.3 is 0 Å². The Balaban J connectivity index is 0. The van der Waals surface area contributed by atoms with Crippen LogP contribution in [0.4, 0.5) is 0 Å². The van der Waals surface area contributed by atoms with Gasteiger partial charge in [0.15, 0.2) is 0 Å². The molecule has 0 atom stereocenters. The molecule has 0 aliphatic carbocycles. The first-order chi connectivity index (χ1) is 1.41. The Hall–Kier alpha value is -0.0666. The summed E-state index contributed by atoms with van der Waals surface area (Å²) < 4.78 is 0. The molecule has 0 rings (SSSR count). The maximum Gasteiger partial charge on any atom is 0 e. The molecule has 0 radical (unpaired) electrons. The monoisotopic (exact) mass is 107 g/mol. The van der Waals surface area contributed by atoms with Gasteiger partial charge in [-0.3, -0.25) is 0 Å². The molecular weight excluding hydrogens is 107 g/mol. The minimum Gasteiger partial charge on any atom is -0.108 e. The molecule has 0 aromatic carbocycles. The first-order valence-electron chi connectivity index (χ1n) is 0.424. The summed E-state index contributed by atoms with van der Waals surface area (Å²) in [5.41, 5.74) is 12.2. The van der Waals surface area contributed by atoms with Gasteiger partial charge in [-0.2, -0.15) is 0 Å². The Morgan fingerprint density at radius 2 is 1.75 bits per heavy atom. The fraction of sp³-hybridized carbons (Fsp3) is 0. The first-order valence-corrected chi connectivity index (χ1v) is 0.424. The minimum atomic E-state index is 0. The summed E-state index contributed by atoms with van der Waals surface area (Å²) in [6, 6.07) is 0. The van der Waals surface area contributed by atoms with E-state index < -0.39 is 0 Å². The second kappa shape index (κ2) is 12.6. The van der Waals surface area contributed by atoms with Gasteiger partial charge in [-0.1, -0.05) is 0 Å². The van der Waals surface area contributed by atoms with E-state index in [2.05, 4.69) is 0 Å². The Kier molecular flexibility index (Phi) is 28.5. The maximum atomic E-state index is 6.86. The van der Waals surface area contributed by atoms with Crippen LogP contribution >= 0.6 is 0 Å². The molecule has 18 valence electrons. The van der Waals surface area contributed by atoms with Crippen LogP contribution in [0.25, 0.3) is 10.4 Å². The molecule has 0 unspecified atom stereocenters. The predicted molar refractivity (Wildman–Crippen MR) is 9.44 cm³/mol. The van der Waals surface area contributed by atoms with Gasteiger partial charge in [0, 0.05) is 19.5 Å². The van der Waals surface area contributed by atoms with E-state index in [0.29, 0.717) is 0 Å². The van der Waals surface area contributed by atoms with Crippen LogP contribution in [0.3, 0.4) is 0 Å². The van der Waals surface area contributed by atoms with Crippen molar-refractivity contribution in [3.05, 3.63) is 10.4 Å². The largest absolute Gasteiger partial charge is 0.108 e. The second-order valence-corrected chi connectivity index (χ2v) is 0.100. The summed E-state index contributed by atoms with van der Waals surface area (Å²) in [5, 5.41) is 0. The van der Waals surface area contributed by atoms with Gasteiger partial charge in [-0.25, -0.2) is 0 Å². The SMILES string of the molecule is [N-]=[N+]=N.[Zn]. The molecule has 0 fully saturated rings. The number of rotatable bonds is 0. The van der Waals surface area contributed by atoms with Crippen molar-refractivity contribution < 1.29 is 19.5 Å². The van der Waals surface area contributed by atoms with Crippen LogP contribution in [0.1, 0.15) is 0 Å². The van der Waals surface area contributed by atoms with Crippen LogP contribution in [-0.4, -0.2) is 0 Å². The first kappa shape index (κ1) is 9.05. The number of nitrogens with zero attached hydrogens (tertiary/aromatic N) is 2. The van der Waals surface area contributed by atoms with Gasteiger partial charge in [0.25, 0.3) is 0 Å². The molecular formula is HN3Zn. The minimum absolute atomic E-state index is 0. The van der Waals surface area contributed by atoms with E-state index in [9.17, 15) is 0 Å². The zero-order valence-corrected chi connectivity index (χ0v) is 5.07. The van der Waals surface area contributed by atoms with E-state index in [4.69, 9.17) is 11.1 Å². The molecule has 0 aromatic rings. The van der Waals surface area contributed by atoms with Crippen LogP contribution in [0, 0.1) is 5.53 Å². The van der Waals surface area contributed by atoms with Crippen molar-refractivity contribution in [1.82, 2.24) is 0 Å². The molecule has 0 aliphatic rings. The third-order valence-electron chi connectivity index (χ3n) is 0. The summed E-state index contributed by atoms with van der Waals surface area (Å²) in [6.07, 6.45) is 0. The van der Waals surface area contributed by atoms with E-state index in [-0.39, 0.29) is 19.5 Å². The summed E-state index contributed by atoms with van der Waals surface area (Å²) in [5.74, 6) is 0. The Labute approximate surface area is 36.2 Å². The number of hydrogen-bond acceptors (Lipinski definition) is 1. The van der Waals surface area contributed by atoms with Crippen molar-refractivity contribution in [2.45, 2.75) is 0 Å². The summed E-state index contributed by atoms with van der Waals surface area (Å²) in [7, 11) is 0. The van der Waals surface area contributed by atoms with E-state index in [1.165, 1.54) is 0 Å². The standard InChI is InChI=1S/HN3.Zn/c1-3-2;/h1H;. The Bertz CT molecular complexity index is 24.3. The van der Waals surface area contributed by atoms with Crippen molar-refractivity contribution in [2.75, 3.05) is 0 Å². The van der Waals surface area contributed by atoms with Crippen LogP contribution in [0.2, 0.25) is 0 Å². The van der Waals surface area contributed by atoms with Crippen molar-refractivity contribution >= 4 is 0 Å². The van der Waals surface area contributed by atoms with Crippen molar-refractivity contribution in [3.8, 4) is 0 Å². The maximum absolute atomic E-state index is 6.86. The molecule has 0 amide bonds. The zero-order valence-electron chi connectivity index (χ0n) is 2.10. The van der Waals surface area contributed by atoms with Crippen molar-refractivity contribution in [3.63, 3.8) is 0 Å². The molecule has 0 aromatic heterocycles. The molecule has 3 nitrogen and oxygen atoms in total. The Morgan fingerprint density at radius 3 is 1.75 bits per heavy atom. The van der Waals surface area contributed by atoms with E-state index >= 15 is 0 Å². The van der Waals surface area contributed by atoms with Crippen LogP contribution in [0.15, 0.2) is 0 Å². The molecule has 0 bridgehead atoms. The van der Waals surface area contributed by atoms with Gasteiger partial charge in [-0.15, -0.1) is 5.53 Å². The van der Waals surface area contributed by atoms with Crippen LogP contribution in [-0.2, 0) is 19.5 Å². The van der Waals surface area contributed by atoms with Crippen LogP contribution in [0.5, 0.6) is 0 Å². The zero-order chi connectivity index (χ0) is 2.71. The predicted octanol–water partition coefficient (Wildman–Crippen LogP) is 0.873. The molecule has 0 saturated heterocycles. The molecule has 4 heteroatoms. The molecule has 0 aliphatic heterocycles. The third-order valence-corrected chi connectivity index (χ3v) is 0. The van der Waals surface area contributed by atoms with E-state index in [1.807, 2.05) is 0 Å². The summed E-state index contributed by atoms with van der Waals surface area (Å²) >= 11 is 0. The van der Waals surface area contributed by atoms with Crippen molar-refractivity contribution in [1.29, 1.82) is 5.53 Å². The second-order valence-electron chi connectivity index (χ2n) is 0.100. The normalized spacial score (nSPS) is 2.00. The van der Waals surface area contributed by atoms with E-state index in [1.54, 1.807) is 4.91 Å². The molecule has 1 N–H and O–H groups in total. The quantitative estimate of drug-likeness (QED) is 0.207. The molecule has 0 heterocycles. The smallest absolute Gasteiger partial charge is 0 e. The number of nitrogens with one attached hydrogen (secondary N) is 1. The summed E-state index contributed by atoms with van der Waals surface area (Å²) in [4.78, 5) is 1.75. The average Bonchev–Trinajstić information content (AvgIpc) is 0.918. The topological polar surface area (TPSA) is 60.3 Å².